The van der Waals surface area contributed by atoms with Gasteiger partial charge >= 0.3 is 6.30 Å². The minimum absolute atomic E-state index is 0.0924. The highest BCUT2D eigenvalue weighted by molar-refractivity contribution is 6.04. The summed E-state index contributed by atoms with van der Waals surface area (Å²) in [6, 6.07) is 5.97. The Morgan fingerprint density at radius 1 is 1.06 bits per heavy atom. The molecule has 6 nitrogen and oxygen atoms in total. The van der Waals surface area contributed by atoms with Gasteiger partial charge in [0.1, 0.15) is 11.6 Å². The van der Waals surface area contributed by atoms with Crippen molar-refractivity contribution >= 4 is 22.6 Å². The van der Waals surface area contributed by atoms with E-state index >= 15 is 8.78 Å². The van der Waals surface area contributed by atoms with Crippen molar-refractivity contribution in [2.45, 2.75) is 19.3 Å². The predicted octanol–water partition coefficient (Wildman–Crippen LogP) is 4.90. The number of amides is 1. The first-order valence-corrected chi connectivity index (χ1v) is 9.52. The van der Waals surface area contributed by atoms with Gasteiger partial charge in [-0.3, -0.25) is 4.79 Å². The second-order valence-corrected chi connectivity index (χ2v) is 7.54. The number of nitrogens with one attached hydrogen (secondary N) is 1. The topological polar surface area (TPSA) is 66.8 Å². The fraction of sp³-hybridized carbons (Fsp3) is 0.190. The van der Waals surface area contributed by atoms with Gasteiger partial charge in [-0.25, -0.2) is 13.8 Å². The first-order valence-electron chi connectivity index (χ1n) is 9.52. The third-order valence-electron chi connectivity index (χ3n) is 5.61. The van der Waals surface area contributed by atoms with Gasteiger partial charge in [0.25, 0.3) is 0 Å². The quantitative estimate of drug-likeness (QED) is 0.359. The Hall–Kier alpha value is -3.76. The van der Waals surface area contributed by atoms with Crippen LogP contribution in [0.1, 0.15) is 18.5 Å². The third-order valence-corrected chi connectivity index (χ3v) is 5.61. The second kappa shape index (κ2) is 6.87. The zero-order valence-electron chi connectivity index (χ0n) is 16.4. The Morgan fingerprint density at radius 3 is 2.44 bits per heavy atom. The molecule has 2 atom stereocenters. The van der Waals surface area contributed by atoms with Crippen molar-refractivity contribution in [2.75, 3.05) is 4.90 Å². The number of fused-ring (bicyclic) bond motifs is 1. The molecule has 1 N–H and O–H groups in total. The van der Waals surface area contributed by atoms with Gasteiger partial charge in [-0.2, -0.15) is 9.78 Å². The zero-order valence-corrected chi connectivity index (χ0v) is 16.4. The van der Waals surface area contributed by atoms with Gasteiger partial charge in [-0.15, -0.1) is 13.2 Å². The summed E-state index contributed by atoms with van der Waals surface area (Å²) in [4.78, 5) is 20.9. The highest BCUT2D eigenvalue weighted by Crippen LogP contribution is 2.46. The maximum atomic E-state index is 15.1. The van der Waals surface area contributed by atoms with Crippen LogP contribution in [-0.2, 0) is 11.1 Å². The van der Waals surface area contributed by atoms with Crippen LogP contribution in [0.2, 0.25) is 0 Å². The molecule has 1 saturated heterocycles. The van der Waals surface area contributed by atoms with Gasteiger partial charge in [0.05, 0.1) is 35.5 Å². The molecule has 1 unspecified atom stereocenters. The highest BCUT2D eigenvalue weighted by Gasteiger charge is 2.48. The molecule has 1 aliphatic heterocycles. The van der Waals surface area contributed by atoms with E-state index in [1.54, 1.807) is 25.1 Å². The molecular weight excluding hydrogens is 433 g/mol. The van der Waals surface area contributed by atoms with Crippen molar-refractivity contribution in [3.8, 4) is 11.1 Å². The van der Waals surface area contributed by atoms with E-state index in [0.29, 0.717) is 17.4 Å². The standard InChI is InChI=1S/C21H14F5N5O/c1-10-19(31(20(10)32)13-2-3-16-17(6-13)28-9-27-16)18-14(22)4-11(5-15(18)23)12-7-29-30(8-12)21(24,25)26/h2-10,19H,1H3,(H,27,28)/t10-,19?/m0/s1. The molecule has 2 aromatic carbocycles. The number of anilines is 1. The number of imidazole rings is 1. The SMILES string of the molecule is C[C@@H]1C(=O)N(c2ccc3[nH]cnc3c2)C1c1c(F)cc(-c2cnn(C(F)(F)F)c2)cc1F. The zero-order chi connectivity index (χ0) is 22.8. The number of halogens is 5. The van der Waals surface area contributed by atoms with E-state index < -0.39 is 29.9 Å². The number of H-pyrrole nitrogens is 1. The smallest absolute Gasteiger partial charge is 0.345 e. The summed E-state index contributed by atoms with van der Waals surface area (Å²) in [5, 5.41) is 3.19. The van der Waals surface area contributed by atoms with E-state index in [1.165, 1.54) is 11.2 Å². The average Bonchev–Trinajstić information content (AvgIpc) is 3.41. The highest BCUT2D eigenvalue weighted by atomic mass is 19.4. The summed E-state index contributed by atoms with van der Waals surface area (Å²) < 4.78 is 68.2. The molecule has 32 heavy (non-hydrogen) atoms. The lowest BCUT2D eigenvalue weighted by atomic mass is 9.82. The normalized spacial score (nSPS) is 18.9. The van der Waals surface area contributed by atoms with Crippen LogP contribution in [0, 0.1) is 17.6 Å². The molecular formula is C21H14F5N5O. The number of aromatic amines is 1. The summed E-state index contributed by atoms with van der Waals surface area (Å²) in [5.74, 6) is -2.92. The molecule has 0 bridgehead atoms. The van der Waals surface area contributed by atoms with Crippen LogP contribution in [0.3, 0.4) is 0 Å². The number of β-lactam (4-membered cyclic amide) rings is 1. The van der Waals surface area contributed by atoms with E-state index in [0.717, 1.165) is 23.8 Å². The van der Waals surface area contributed by atoms with Gasteiger partial charge in [0, 0.05) is 23.0 Å². The largest absolute Gasteiger partial charge is 0.504 e. The van der Waals surface area contributed by atoms with Crippen LogP contribution in [-0.4, -0.2) is 25.7 Å². The van der Waals surface area contributed by atoms with Crippen molar-refractivity contribution in [1.29, 1.82) is 0 Å². The lowest BCUT2D eigenvalue weighted by Crippen LogP contribution is -2.54. The van der Waals surface area contributed by atoms with Gasteiger partial charge in [-0.05, 0) is 35.9 Å². The fourth-order valence-electron chi connectivity index (χ4n) is 4.01. The van der Waals surface area contributed by atoms with Crippen LogP contribution < -0.4 is 4.90 Å². The van der Waals surface area contributed by atoms with Crippen LogP contribution in [0.15, 0.2) is 49.1 Å². The van der Waals surface area contributed by atoms with Crippen LogP contribution >= 0.6 is 0 Å². The number of hydrogen-bond donors (Lipinski definition) is 1. The van der Waals surface area contributed by atoms with Crippen molar-refractivity contribution < 1.29 is 26.7 Å². The molecule has 0 spiro atoms. The van der Waals surface area contributed by atoms with Crippen LogP contribution in [0.5, 0.6) is 0 Å². The summed E-state index contributed by atoms with van der Waals surface area (Å²) in [7, 11) is 0. The lowest BCUT2D eigenvalue weighted by Gasteiger charge is -2.46. The molecule has 3 heterocycles. The number of carbonyl (C=O) groups excluding carboxylic acids is 1. The third kappa shape index (κ3) is 3.03. The summed E-state index contributed by atoms with van der Waals surface area (Å²) in [6.45, 7) is 1.57. The minimum atomic E-state index is -4.74. The summed E-state index contributed by atoms with van der Waals surface area (Å²) >= 11 is 0. The number of benzene rings is 2. The number of alkyl halides is 3. The van der Waals surface area contributed by atoms with Gasteiger partial charge in [0.15, 0.2) is 0 Å². The Bertz CT molecular complexity index is 1340. The number of carbonyl (C=O) groups is 1. The van der Waals surface area contributed by atoms with Crippen LogP contribution in [0.4, 0.5) is 27.6 Å². The number of hydrogen-bond acceptors (Lipinski definition) is 3. The van der Waals surface area contributed by atoms with Gasteiger partial charge < -0.3 is 9.88 Å². The van der Waals surface area contributed by atoms with E-state index in [-0.39, 0.29) is 27.3 Å². The minimum Gasteiger partial charge on any atom is -0.345 e. The monoisotopic (exact) mass is 447 g/mol. The van der Waals surface area contributed by atoms with E-state index in [1.807, 2.05) is 0 Å². The van der Waals surface area contributed by atoms with Crippen molar-refractivity contribution in [2.24, 2.45) is 5.92 Å². The first-order chi connectivity index (χ1) is 15.1. The summed E-state index contributed by atoms with van der Waals surface area (Å²) in [5.41, 5.74) is 1.25. The predicted molar refractivity (Wildman–Crippen MR) is 104 cm³/mol. The molecule has 1 aliphatic rings. The molecule has 0 radical (unpaired) electrons. The fourth-order valence-corrected chi connectivity index (χ4v) is 4.01. The molecule has 1 fully saturated rings. The average molecular weight is 447 g/mol. The summed E-state index contributed by atoms with van der Waals surface area (Å²) in [6.07, 6.45) is -1.73. The Labute approximate surface area is 177 Å². The van der Waals surface area contributed by atoms with E-state index in [2.05, 4.69) is 15.1 Å². The number of rotatable bonds is 3. The van der Waals surface area contributed by atoms with Crippen molar-refractivity contribution in [3.05, 3.63) is 66.3 Å². The molecule has 11 heteroatoms. The lowest BCUT2D eigenvalue weighted by molar-refractivity contribution is -0.212. The molecule has 0 aliphatic carbocycles. The van der Waals surface area contributed by atoms with Crippen molar-refractivity contribution in [3.63, 3.8) is 0 Å². The number of aromatic nitrogens is 4. The molecule has 4 aromatic rings. The van der Waals surface area contributed by atoms with Crippen LogP contribution in [0.25, 0.3) is 22.2 Å². The molecule has 1 amide bonds. The Kier molecular flexibility index (Phi) is 4.33. The Balaban J connectivity index is 1.53. The van der Waals surface area contributed by atoms with Gasteiger partial charge in [0.2, 0.25) is 5.91 Å². The maximum absolute atomic E-state index is 15.1. The van der Waals surface area contributed by atoms with Crippen molar-refractivity contribution in [1.82, 2.24) is 19.7 Å². The molecule has 0 saturated carbocycles. The van der Waals surface area contributed by atoms with E-state index in [9.17, 15) is 18.0 Å². The maximum Gasteiger partial charge on any atom is 0.504 e. The number of nitrogens with zero attached hydrogens (tertiary/aromatic N) is 4. The molecule has 164 valence electrons. The Morgan fingerprint density at radius 2 is 1.78 bits per heavy atom. The molecule has 2 aromatic heterocycles. The van der Waals surface area contributed by atoms with Gasteiger partial charge in [-0.1, -0.05) is 6.92 Å². The molecule has 5 rings (SSSR count). The second-order valence-electron chi connectivity index (χ2n) is 7.54. The van der Waals surface area contributed by atoms with E-state index in [4.69, 9.17) is 0 Å². The first kappa shape index (κ1) is 20.2.